The molecule has 0 saturated heterocycles. The Morgan fingerprint density at radius 1 is 0.427 bits per heavy atom. The number of aromatic nitrogens is 3. The van der Waals surface area contributed by atoms with Crippen molar-refractivity contribution in [1.29, 1.82) is 0 Å². The second-order valence-corrected chi connectivity index (χ2v) is 32.0. The third kappa shape index (κ3) is 85.9. The zero-order valence-corrected chi connectivity index (χ0v) is 72.2. The second kappa shape index (κ2) is 105. The minimum absolute atomic E-state index is 0. The third-order valence-electron chi connectivity index (χ3n) is 21.3. The Hall–Kier alpha value is 0.0765. The summed E-state index contributed by atoms with van der Waals surface area (Å²) in [6, 6.07) is 0. The van der Waals surface area contributed by atoms with Crippen LogP contribution in [0.5, 0.6) is 0 Å². The minimum atomic E-state index is -0.103. The first kappa shape index (κ1) is 128. The summed E-state index contributed by atoms with van der Waals surface area (Å²) >= 11 is 16.8. The van der Waals surface area contributed by atoms with E-state index in [-0.39, 0.29) is 138 Å². The summed E-state index contributed by atoms with van der Waals surface area (Å²) in [5, 5.41) is 15.1. The maximum Gasteiger partial charge on any atom is 0.246 e. The minimum Gasteiger partial charge on any atom is -0.362 e. The quantitative estimate of drug-likeness (QED) is 0.0221. The zero-order chi connectivity index (χ0) is 72.9. The number of aryl methyl sites for hydroxylation is 1. The average molecular weight is 1760 g/mol. The van der Waals surface area contributed by atoms with Crippen LogP contribution in [0.15, 0.2) is 12.7 Å². The van der Waals surface area contributed by atoms with Gasteiger partial charge < -0.3 is 20.1 Å². The van der Waals surface area contributed by atoms with E-state index in [0.29, 0.717) is 11.8 Å². The number of rotatable bonds is 50. The Balaban J connectivity index is -0.000000166. The van der Waals surface area contributed by atoms with Crippen LogP contribution in [-0.4, -0.2) is 121 Å². The van der Waals surface area contributed by atoms with Crippen LogP contribution in [0, 0.1) is 23.7 Å². The normalized spacial score (nSPS) is 15.8. The average Bonchev–Trinajstić information content (AvgIpc) is 1.67. The Kier molecular flexibility index (Phi) is 123. The molecule has 0 spiro atoms. The van der Waals surface area contributed by atoms with Gasteiger partial charge in [0.05, 0.1) is 5.69 Å². The number of nitrogens with zero attached hydrogens (tertiary/aromatic N) is 3. The number of hydrogen-bond donors (Lipinski definition) is 2. The van der Waals surface area contributed by atoms with Gasteiger partial charge in [-0.25, -0.2) is 4.68 Å². The van der Waals surface area contributed by atoms with E-state index in [2.05, 4.69) is 64.8 Å². The van der Waals surface area contributed by atoms with Crippen LogP contribution in [0.1, 0.15) is 478 Å². The maximum atomic E-state index is 12.4. The van der Waals surface area contributed by atoms with E-state index in [9.17, 15) is 9.59 Å². The van der Waals surface area contributed by atoms with Crippen molar-refractivity contribution in [3.63, 3.8) is 0 Å². The van der Waals surface area contributed by atoms with Gasteiger partial charge in [-0.1, -0.05) is 375 Å². The number of nitrogens with one attached hydrogen (secondary N) is 2. The number of fused-ring (bicyclic) bond motifs is 1. The number of alkyl halides is 3. The molecule has 4 saturated carbocycles. The summed E-state index contributed by atoms with van der Waals surface area (Å²) in [4.78, 5) is 24.1. The van der Waals surface area contributed by atoms with Crippen LogP contribution in [-0.2, 0) is 66.2 Å². The van der Waals surface area contributed by atoms with Gasteiger partial charge in [0, 0.05) is 77.8 Å². The van der Waals surface area contributed by atoms with Crippen LogP contribution in [0.2, 0.25) is 0 Å². The topological polar surface area (TPSA) is 107 Å². The molecule has 2 unspecified atom stereocenters. The van der Waals surface area contributed by atoms with Crippen molar-refractivity contribution in [2.75, 3.05) is 43.9 Å². The zero-order valence-electron chi connectivity index (χ0n) is 67.7. The monoisotopic (exact) mass is 1760 g/mol. The molecule has 4 fully saturated rings. The Morgan fingerprint density at radius 3 is 1.12 bits per heavy atom. The molecule has 2 amide bonds. The predicted molar refractivity (Wildman–Crippen MR) is 508 cm³/mol. The van der Waals surface area contributed by atoms with Crippen molar-refractivity contribution >= 4 is 90.5 Å². The summed E-state index contributed by atoms with van der Waals surface area (Å²) in [6.45, 7) is 13.4. The fraction of sp³-hybridized carbons (Fsp3) is 0.913. The van der Waals surface area contributed by atoms with E-state index in [1.54, 1.807) is 0 Å². The van der Waals surface area contributed by atoms with Crippen molar-refractivity contribution < 1.29 is 53.2 Å². The maximum absolute atomic E-state index is 12.4. The third-order valence-corrected chi connectivity index (χ3v) is 22.1. The van der Waals surface area contributed by atoms with Gasteiger partial charge in [-0.15, -0.1) is 52.4 Å². The summed E-state index contributed by atoms with van der Waals surface area (Å²) in [5.74, 6) is 10.1. The molecule has 2 N–H and O–H groups in total. The number of unbranched alkanes of at least 4 members (excludes halogenated alkanes) is 34. The molecule has 6 aliphatic carbocycles. The Morgan fingerprint density at radius 2 is 0.745 bits per heavy atom. The molecule has 0 aliphatic heterocycles. The summed E-state index contributed by atoms with van der Waals surface area (Å²) in [5.41, 5.74) is 2.22. The molecule has 7 rings (SSSR count). The van der Waals surface area contributed by atoms with Gasteiger partial charge in [-0.05, 0) is 158 Å². The number of carbonyl (C=O) groups excluding carboxylic acids is 2. The van der Waals surface area contributed by atoms with Crippen molar-refractivity contribution in [2.45, 2.75) is 486 Å². The van der Waals surface area contributed by atoms with Crippen LogP contribution in [0.4, 0.5) is 0 Å². The van der Waals surface area contributed by atoms with Gasteiger partial charge in [-0.3, -0.25) is 9.59 Å². The first-order valence-corrected chi connectivity index (χ1v) is 45.9. The summed E-state index contributed by atoms with van der Waals surface area (Å²) in [7, 11) is 0. The van der Waals surface area contributed by atoms with Crippen LogP contribution in [0.3, 0.4) is 0 Å². The van der Waals surface area contributed by atoms with E-state index >= 15 is 0 Å². The first-order chi connectivity index (χ1) is 49.9. The smallest absolute Gasteiger partial charge is 0.246 e. The molecule has 110 heavy (non-hydrogen) atoms. The van der Waals surface area contributed by atoms with Crippen molar-refractivity contribution in [3.05, 3.63) is 24.0 Å². The number of allylic oxidation sites excluding steroid dienone is 1. The molecular formula is C92H194Cl3Fe2N5O4Si4. The van der Waals surface area contributed by atoms with E-state index in [0.717, 1.165) is 81.5 Å². The van der Waals surface area contributed by atoms with Crippen LogP contribution < -0.4 is 10.6 Å². The van der Waals surface area contributed by atoms with Crippen molar-refractivity contribution in [2.24, 2.45) is 11.8 Å². The van der Waals surface area contributed by atoms with Crippen LogP contribution >= 0.6 is 34.8 Å². The largest absolute Gasteiger partial charge is 0.362 e. The van der Waals surface area contributed by atoms with E-state index < -0.39 is 0 Å². The molecule has 6 aliphatic rings. The van der Waals surface area contributed by atoms with Crippen LogP contribution in [0.25, 0.3) is 0 Å². The molecule has 1 heterocycles. The Bertz CT molecular complexity index is 1910. The van der Waals surface area contributed by atoms with Crippen molar-refractivity contribution in [1.82, 2.24) is 25.6 Å². The molecule has 1 aromatic rings. The summed E-state index contributed by atoms with van der Waals surface area (Å²) in [6.07, 6.45) is 89.8. The molecule has 1 aromatic heterocycles. The number of carbonyl (C=O) groups is 2. The van der Waals surface area contributed by atoms with Gasteiger partial charge >= 0.3 is 0 Å². The van der Waals surface area contributed by atoms with Crippen molar-refractivity contribution in [3.8, 4) is 11.8 Å². The number of ether oxygens (including phenoxy) is 2. The number of hydrogen-bond acceptors (Lipinski definition) is 6. The molecule has 0 bridgehead atoms. The molecule has 0 radical (unpaired) electrons. The van der Waals surface area contributed by atoms with E-state index in [1.807, 2.05) is 6.08 Å². The molecule has 2 atom stereocenters. The fourth-order valence-corrected chi connectivity index (χ4v) is 15.1. The molecule has 18 heteroatoms. The van der Waals surface area contributed by atoms with E-state index in [1.165, 1.54) is 391 Å². The molecule has 664 valence electrons. The van der Waals surface area contributed by atoms with Gasteiger partial charge in [0.25, 0.3) is 0 Å². The second-order valence-electron chi connectivity index (χ2n) is 30.9. The number of amides is 2. The standard InChI is InChI=1S/C28H50N4O2.C16H25NO2.2C12H25Cl.C11H21Cl.2C5H10.3CH4.2Fe.4H4Si/c1-2-3-4-5-6-7-8-9-10-16-21-32-25-19-12-11-13-20-26(28(25)30-31-32)34-23-27(33)29-22-24-17-14-15-18-24;18-16(17-12-14-8-6-7-9-14)13-19-15-10-4-2-1-3-5-11-15;2*1-2-3-4-5-6-7-8-9-10-11-12-13;1-2-3-4-5-6-7-8-9-10-11-12;2*1-2-4-5-3-1;;;;;;;;;/h24,26H,2-23H2,1H3,(H,29,33);14-15H,1-4,6-10,12-13H2,(H,17,18);2*2-12H2,1H3;2H,1,3-11H2;2*1-5H2;3*1H4;;;4*1H4. The summed E-state index contributed by atoms with van der Waals surface area (Å²) < 4.78 is 13.8. The molecular weight excluding hydrogens is 1570 g/mol. The predicted octanol–water partition coefficient (Wildman–Crippen LogP) is 24.1. The first-order valence-electron chi connectivity index (χ1n) is 44.3. The SMILES string of the molecule is C.C.C.C1CCCC1.C1CCCC1.C=CCCCCCCCCCCl.CCCCCCCCCCCCCl.CCCCCCCCCCCCCl.CCCCCCCCCCCCn1nnc2c1CCCCCC2OCC(=O)NCC1CCCC1.O=C(COC1C#CCCCCC1)NCC1CCCC1.[Fe].[Fe].[SiH4].[SiH4].[SiH4].[SiH4]. The van der Waals surface area contributed by atoms with Gasteiger partial charge in [-0.2, -0.15) is 0 Å². The van der Waals surface area contributed by atoms with Gasteiger partial charge in [0.1, 0.15) is 31.1 Å². The number of halogens is 3. The Labute approximate surface area is 740 Å². The molecule has 9 nitrogen and oxygen atoms in total. The van der Waals surface area contributed by atoms with Gasteiger partial charge in [0.2, 0.25) is 11.8 Å². The van der Waals surface area contributed by atoms with Gasteiger partial charge in [0.15, 0.2) is 0 Å². The molecule has 0 aromatic carbocycles. The fourth-order valence-electron chi connectivity index (χ4n) is 14.6. The van der Waals surface area contributed by atoms with E-state index in [4.69, 9.17) is 44.3 Å².